The number of methoxy groups -OCH3 is 1. The molecule has 1 unspecified atom stereocenters. The molecule has 0 saturated carbocycles. The zero-order chi connectivity index (χ0) is 14.1. The number of aliphatic hydroxyl groups is 1. The molecule has 0 aliphatic rings. The molecule has 8 heteroatoms. The fraction of sp³-hybridized carbons (Fsp3) is 0.400. The van der Waals surface area contributed by atoms with Gasteiger partial charge in [-0.3, -0.25) is 0 Å². The lowest BCUT2D eigenvalue weighted by atomic mass is 10.0. The minimum atomic E-state index is -4.66. The summed E-state index contributed by atoms with van der Waals surface area (Å²) in [6, 6.07) is 1.49. The van der Waals surface area contributed by atoms with Gasteiger partial charge in [0.15, 0.2) is 6.10 Å². The normalized spacial score (nSPS) is 13.8. The Balaban J connectivity index is 3.28. The number of rotatable bonds is 4. The van der Waals surface area contributed by atoms with E-state index < -0.39 is 35.6 Å². The number of alkyl halides is 4. The molecule has 1 aromatic rings. The van der Waals surface area contributed by atoms with Gasteiger partial charge in [-0.05, 0) is 22.0 Å². The summed E-state index contributed by atoms with van der Waals surface area (Å²) in [7, 11) is 1.04. The summed E-state index contributed by atoms with van der Waals surface area (Å²) in [6.45, 7) is 0. The molecule has 0 aliphatic heterocycles. The Bertz CT molecular complexity index is 439. The van der Waals surface area contributed by atoms with Gasteiger partial charge in [-0.1, -0.05) is 0 Å². The molecule has 0 saturated heterocycles. The Morgan fingerprint density at radius 1 is 1.33 bits per heavy atom. The van der Waals surface area contributed by atoms with Crippen molar-refractivity contribution in [2.75, 3.05) is 7.11 Å². The minimum absolute atomic E-state index is 0.248. The average Bonchev–Trinajstić information content (AvgIpc) is 2.30. The highest BCUT2D eigenvalue weighted by atomic mass is 79.9. The monoisotopic (exact) mass is 334 g/mol. The first-order chi connectivity index (χ1) is 8.21. The largest absolute Gasteiger partial charge is 0.496 e. The zero-order valence-electron chi connectivity index (χ0n) is 8.93. The molecule has 1 rings (SSSR count). The van der Waals surface area contributed by atoms with E-state index in [1.165, 1.54) is 0 Å². The molecule has 0 aliphatic carbocycles. The fourth-order valence-corrected chi connectivity index (χ4v) is 1.62. The van der Waals surface area contributed by atoms with Gasteiger partial charge in [0.2, 0.25) is 0 Å². The molecular weight excluding hydrogens is 327 g/mol. The molecular formula is C10H8BrF5O2. The standard InChI is InChI=1S/C10H8BrF5O2/c1-18-7-3-6(12)5(11)2-4(7)8(17)10(15,16)9(13)14/h2-3,8-9,17H,1H3. The van der Waals surface area contributed by atoms with Crippen LogP contribution in [0.4, 0.5) is 22.0 Å². The highest BCUT2D eigenvalue weighted by molar-refractivity contribution is 9.10. The molecule has 0 heterocycles. The minimum Gasteiger partial charge on any atom is -0.496 e. The van der Waals surface area contributed by atoms with E-state index in [2.05, 4.69) is 20.7 Å². The number of halogens is 6. The van der Waals surface area contributed by atoms with E-state index in [1.54, 1.807) is 0 Å². The number of hydrogen-bond acceptors (Lipinski definition) is 2. The lowest BCUT2D eigenvalue weighted by Crippen LogP contribution is -2.34. The topological polar surface area (TPSA) is 29.5 Å². The molecule has 0 spiro atoms. The molecule has 0 aromatic heterocycles. The van der Waals surface area contributed by atoms with Gasteiger partial charge < -0.3 is 9.84 Å². The molecule has 0 amide bonds. The average molecular weight is 335 g/mol. The molecule has 18 heavy (non-hydrogen) atoms. The van der Waals surface area contributed by atoms with Gasteiger partial charge in [0.1, 0.15) is 11.6 Å². The first kappa shape index (κ1) is 15.2. The molecule has 0 radical (unpaired) electrons. The summed E-state index contributed by atoms with van der Waals surface area (Å²) in [5, 5.41) is 9.29. The summed E-state index contributed by atoms with van der Waals surface area (Å²) in [6.07, 6.45) is -6.86. The molecule has 2 nitrogen and oxygen atoms in total. The van der Waals surface area contributed by atoms with Crippen LogP contribution in [-0.4, -0.2) is 24.6 Å². The first-order valence-electron chi connectivity index (χ1n) is 4.58. The number of hydrogen-bond donors (Lipinski definition) is 1. The van der Waals surface area contributed by atoms with E-state index in [4.69, 9.17) is 0 Å². The lowest BCUT2D eigenvalue weighted by molar-refractivity contribution is -0.194. The quantitative estimate of drug-likeness (QED) is 0.853. The van der Waals surface area contributed by atoms with Crippen LogP contribution in [0.15, 0.2) is 16.6 Å². The molecule has 1 atom stereocenters. The van der Waals surface area contributed by atoms with Crippen molar-refractivity contribution >= 4 is 15.9 Å². The highest BCUT2D eigenvalue weighted by Crippen LogP contribution is 2.41. The summed E-state index contributed by atoms with van der Waals surface area (Å²) >= 11 is 2.71. The Morgan fingerprint density at radius 3 is 2.33 bits per heavy atom. The van der Waals surface area contributed by atoms with Crippen molar-refractivity contribution in [3.63, 3.8) is 0 Å². The van der Waals surface area contributed by atoms with E-state index in [9.17, 15) is 27.1 Å². The Hall–Kier alpha value is -0.890. The third kappa shape index (κ3) is 2.74. The third-order valence-electron chi connectivity index (χ3n) is 2.22. The van der Waals surface area contributed by atoms with Crippen LogP contribution in [0.2, 0.25) is 0 Å². The Morgan fingerprint density at radius 2 is 1.89 bits per heavy atom. The molecule has 1 N–H and O–H groups in total. The predicted octanol–water partition coefficient (Wildman–Crippen LogP) is 3.53. The maximum atomic E-state index is 13.1. The van der Waals surface area contributed by atoms with Crippen LogP contribution in [0.5, 0.6) is 5.75 Å². The van der Waals surface area contributed by atoms with Crippen LogP contribution in [0.1, 0.15) is 11.7 Å². The number of benzene rings is 1. The first-order valence-corrected chi connectivity index (χ1v) is 5.38. The van der Waals surface area contributed by atoms with Crippen molar-refractivity contribution in [2.45, 2.75) is 18.5 Å². The molecule has 102 valence electrons. The second-order valence-corrected chi connectivity index (χ2v) is 4.24. The van der Waals surface area contributed by atoms with Crippen LogP contribution >= 0.6 is 15.9 Å². The second kappa shape index (κ2) is 5.40. The van der Waals surface area contributed by atoms with Gasteiger partial charge in [0.05, 0.1) is 11.6 Å². The van der Waals surface area contributed by atoms with Crippen LogP contribution in [0.25, 0.3) is 0 Å². The maximum Gasteiger partial charge on any atom is 0.336 e. The van der Waals surface area contributed by atoms with Crippen molar-refractivity contribution in [2.24, 2.45) is 0 Å². The van der Waals surface area contributed by atoms with Crippen molar-refractivity contribution in [3.8, 4) is 5.75 Å². The van der Waals surface area contributed by atoms with E-state index in [-0.39, 0.29) is 4.47 Å². The van der Waals surface area contributed by atoms with Crippen LogP contribution in [-0.2, 0) is 0 Å². The van der Waals surface area contributed by atoms with Gasteiger partial charge >= 0.3 is 12.3 Å². The van der Waals surface area contributed by atoms with E-state index >= 15 is 0 Å². The summed E-state index contributed by atoms with van der Waals surface area (Å²) < 4.78 is 67.7. The van der Waals surface area contributed by atoms with Crippen molar-refractivity contribution in [3.05, 3.63) is 28.0 Å². The van der Waals surface area contributed by atoms with Gasteiger partial charge in [0.25, 0.3) is 0 Å². The van der Waals surface area contributed by atoms with Crippen molar-refractivity contribution in [1.29, 1.82) is 0 Å². The van der Waals surface area contributed by atoms with E-state index in [1.807, 2.05) is 0 Å². The van der Waals surface area contributed by atoms with Crippen LogP contribution < -0.4 is 4.74 Å². The molecule has 0 bridgehead atoms. The highest BCUT2D eigenvalue weighted by Gasteiger charge is 2.49. The van der Waals surface area contributed by atoms with Gasteiger partial charge in [-0.2, -0.15) is 8.78 Å². The van der Waals surface area contributed by atoms with Crippen LogP contribution in [0.3, 0.4) is 0 Å². The van der Waals surface area contributed by atoms with Gasteiger partial charge in [-0.15, -0.1) is 0 Å². The van der Waals surface area contributed by atoms with Gasteiger partial charge in [-0.25, -0.2) is 13.2 Å². The van der Waals surface area contributed by atoms with Gasteiger partial charge in [0, 0.05) is 11.6 Å². The SMILES string of the molecule is COc1cc(F)c(Br)cc1C(O)C(F)(F)C(F)F. The Kier molecular flexibility index (Phi) is 4.55. The lowest BCUT2D eigenvalue weighted by Gasteiger charge is -2.23. The number of ether oxygens (including phenoxy) is 1. The number of aliphatic hydroxyl groups excluding tert-OH is 1. The van der Waals surface area contributed by atoms with Crippen molar-refractivity contribution < 1.29 is 31.8 Å². The predicted molar refractivity (Wildman–Crippen MR) is 56.6 cm³/mol. The molecule has 0 fully saturated rings. The van der Waals surface area contributed by atoms with Crippen LogP contribution in [0, 0.1) is 5.82 Å². The summed E-state index contributed by atoms with van der Waals surface area (Å²) in [4.78, 5) is 0. The zero-order valence-corrected chi connectivity index (χ0v) is 10.5. The third-order valence-corrected chi connectivity index (χ3v) is 2.83. The fourth-order valence-electron chi connectivity index (χ4n) is 1.26. The van der Waals surface area contributed by atoms with Crippen molar-refractivity contribution in [1.82, 2.24) is 0 Å². The molecule has 1 aromatic carbocycles. The Labute approximate surface area is 107 Å². The smallest absolute Gasteiger partial charge is 0.336 e. The second-order valence-electron chi connectivity index (χ2n) is 3.39. The summed E-state index contributed by atoms with van der Waals surface area (Å²) in [5.41, 5.74) is -0.629. The maximum absolute atomic E-state index is 13.1. The van der Waals surface area contributed by atoms with E-state index in [0.717, 1.165) is 13.2 Å². The summed E-state index contributed by atoms with van der Waals surface area (Å²) in [5.74, 6) is -5.93. The van der Waals surface area contributed by atoms with E-state index in [0.29, 0.717) is 6.07 Å².